The Morgan fingerprint density at radius 2 is 1.81 bits per heavy atom. The quantitative estimate of drug-likeness (QED) is 0.478. The average Bonchev–Trinajstić information content (AvgIpc) is 3.42. The lowest BCUT2D eigenvalue weighted by molar-refractivity contribution is 0.0452. The normalized spacial score (nSPS) is 15.4. The van der Waals surface area contributed by atoms with E-state index in [-0.39, 0.29) is 39.3 Å². The molecule has 0 aliphatic carbocycles. The third-order valence-electron chi connectivity index (χ3n) is 4.69. The van der Waals surface area contributed by atoms with E-state index in [2.05, 4.69) is 0 Å². The van der Waals surface area contributed by atoms with E-state index in [1.807, 2.05) is 0 Å². The zero-order valence-corrected chi connectivity index (χ0v) is 18.0. The summed E-state index contributed by atoms with van der Waals surface area (Å²) in [4.78, 5) is 36.7. The summed E-state index contributed by atoms with van der Waals surface area (Å²) >= 11 is 0.867. The molecule has 1 aromatic carbocycles. The predicted octanol–water partition coefficient (Wildman–Crippen LogP) is 2.82. The number of nitrogen functional groups attached to an aromatic ring is 1. The van der Waals surface area contributed by atoms with Gasteiger partial charge >= 0.3 is 17.9 Å². The maximum Gasteiger partial charge on any atom is 0.348 e. The van der Waals surface area contributed by atoms with Gasteiger partial charge in [-0.3, -0.25) is 0 Å². The van der Waals surface area contributed by atoms with Gasteiger partial charge in [0.1, 0.15) is 34.4 Å². The van der Waals surface area contributed by atoms with Crippen LogP contribution in [0.25, 0.3) is 0 Å². The van der Waals surface area contributed by atoms with Gasteiger partial charge in [-0.05, 0) is 37.1 Å². The summed E-state index contributed by atoms with van der Waals surface area (Å²) in [6, 6.07) is 6.46. The molecule has 0 bridgehead atoms. The van der Waals surface area contributed by atoms with E-state index < -0.39 is 17.9 Å². The van der Waals surface area contributed by atoms with Gasteiger partial charge < -0.3 is 29.4 Å². The number of thiophene rings is 1. The molecule has 166 valence electrons. The van der Waals surface area contributed by atoms with Gasteiger partial charge in [0.05, 0.1) is 25.9 Å². The predicted molar refractivity (Wildman–Crippen MR) is 111 cm³/mol. The minimum Gasteiger partial charge on any atom is -0.491 e. The van der Waals surface area contributed by atoms with Crippen LogP contribution in [0.1, 0.15) is 48.8 Å². The van der Waals surface area contributed by atoms with Gasteiger partial charge in [-0.15, -0.1) is 11.3 Å². The number of hydrogen-bond donors (Lipinski definition) is 1. The molecule has 2 heterocycles. The lowest BCUT2D eigenvalue weighted by atomic mass is 10.1. The third kappa shape index (κ3) is 5.33. The van der Waals surface area contributed by atoms with E-state index >= 15 is 0 Å². The molecule has 0 amide bonds. The van der Waals surface area contributed by atoms with Crippen LogP contribution in [-0.4, -0.2) is 51.4 Å². The van der Waals surface area contributed by atoms with Crippen LogP contribution in [0.4, 0.5) is 5.00 Å². The molecule has 2 aromatic rings. The minimum atomic E-state index is -0.734. The van der Waals surface area contributed by atoms with Gasteiger partial charge in [-0.2, -0.15) is 0 Å². The van der Waals surface area contributed by atoms with Crippen molar-refractivity contribution in [2.45, 2.75) is 25.6 Å². The molecule has 1 aromatic heterocycles. The zero-order chi connectivity index (χ0) is 22.4. The van der Waals surface area contributed by atoms with Gasteiger partial charge in [-0.1, -0.05) is 0 Å². The zero-order valence-electron chi connectivity index (χ0n) is 17.2. The van der Waals surface area contributed by atoms with E-state index in [1.54, 1.807) is 24.3 Å². The van der Waals surface area contributed by atoms with Crippen LogP contribution in [0.2, 0.25) is 0 Å². The first-order valence-corrected chi connectivity index (χ1v) is 10.4. The molecule has 1 unspecified atom stereocenters. The van der Waals surface area contributed by atoms with E-state index in [9.17, 15) is 14.4 Å². The molecule has 9 nitrogen and oxygen atoms in total. The number of ether oxygens (including phenoxy) is 5. The van der Waals surface area contributed by atoms with Gasteiger partial charge in [0.25, 0.3) is 0 Å². The maximum atomic E-state index is 12.5. The van der Waals surface area contributed by atoms with Crippen molar-refractivity contribution in [2.75, 3.05) is 33.2 Å². The van der Waals surface area contributed by atoms with Crippen LogP contribution >= 0.6 is 11.3 Å². The van der Waals surface area contributed by atoms with Crippen molar-refractivity contribution >= 4 is 34.2 Å². The summed E-state index contributed by atoms with van der Waals surface area (Å²) in [7, 11) is 2.39. The highest BCUT2D eigenvalue weighted by Crippen LogP contribution is 2.33. The molecule has 31 heavy (non-hydrogen) atoms. The fourth-order valence-electron chi connectivity index (χ4n) is 3.08. The topological polar surface area (TPSA) is 123 Å². The molecule has 0 spiro atoms. The first-order valence-electron chi connectivity index (χ1n) is 9.54. The average molecular weight is 449 g/mol. The number of hydrogen-bond acceptors (Lipinski definition) is 10. The molecule has 1 fully saturated rings. The number of esters is 3. The second kappa shape index (κ2) is 10.3. The Hall–Kier alpha value is -3.11. The summed E-state index contributed by atoms with van der Waals surface area (Å²) in [5.41, 5.74) is 6.28. The molecule has 1 atom stereocenters. The lowest BCUT2D eigenvalue weighted by Gasteiger charge is -2.12. The number of rotatable bonds is 8. The van der Waals surface area contributed by atoms with Gasteiger partial charge in [0, 0.05) is 12.2 Å². The largest absolute Gasteiger partial charge is 0.491 e. The third-order valence-corrected chi connectivity index (χ3v) is 5.73. The summed E-state index contributed by atoms with van der Waals surface area (Å²) in [5, 5.41) is 0.0750. The first kappa shape index (κ1) is 22.6. The Labute approximate surface area is 183 Å². The van der Waals surface area contributed by atoms with Crippen molar-refractivity contribution in [1.29, 1.82) is 0 Å². The van der Waals surface area contributed by atoms with Crippen LogP contribution in [0.5, 0.6) is 5.75 Å². The highest BCUT2D eigenvalue weighted by Gasteiger charge is 2.28. The van der Waals surface area contributed by atoms with E-state index in [0.717, 1.165) is 30.8 Å². The van der Waals surface area contributed by atoms with Crippen molar-refractivity contribution in [2.24, 2.45) is 0 Å². The number of carbonyl (C=O) groups excluding carboxylic acids is 3. The maximum absolute atomic E-state index is 12.5. The molecule has 10 heteroatoms. The molecule has 1 aliphatic heterocycles. The van der Waals surface area contributed by atoms with Crippen molar-refractivity contribution in [3.63, 3.8) is 0 Å². The Kier molecular flexibility index (Phi) is 7.48. The summed E-state index contributed by atoms with van der Waals surface area (Å²) < 4.78 is 25.9. The highest BCUT2D eigenvalue weighted by atomic mass is 32.1. The molecule has 0 saturated carbocycles. The van der Waals surface area contributed by atoms with E-state index in [1.165, 1.54) is 14.2 Å². The smallest absolute Gasteiger partial charge is 0.348 e. The van der Waals surface area contributed by atoms with E-state index in [0.29, 0.717) is 12.4 Å². The Bertz CT molecular complexity index is 947. The van der Waals surface area contributed by atoms with Crippen molar-refractivity contribution < 1.29 is 38.1 Å². The monoisotopic (exact) mass is 449 g/mol. The molecule has 1 saturated heterocycles. The molecular formula is C21H23NO8S. The molecule has 1 aliphatic rings. The number of anilines is 1. The Balaban J connectivity index is 1.67. The van der Waals surface area contributed by atoms with Gasteiger partial charge in [0.15, 0.2) is 0 Å². The van der Waals surface area contributed by atoms with Crippen molar-refractivity contribution in [1.82, 2.24) is 0 Å². The van der Waals surface area contributed by atoms with Crippen LogP contribution < -0.4 is 10.5 Å². The highest BCUT2D eigenvalue weighted by molar-refractivity contribution is 7.18. The van der Waals surface area contributed by atoms with E-state index in [4.69, 9.17) is 29.4 Å². The molecule has 3 rings (SSSR count). The van der Waals surface area contributed by atoms with Gasteiger partial charge in [-0.25, -0.2) is 14.4 Å². The standard InChI is InChI=1S/C21H23NO8S/c1-26-20(24)16-15(17(21(25)27-2)31-18(16)22)11-30-19(23)12-5-7-13(8-6-12)29-10-14-4-3-9-28-14/h5-8,14H,3-4,9-11,22H2,1-2H3. The lowest BCUT2D eigenvalue weighted by Crippen LogP contribution is -2.16. The molecule has 0 radical (unpaired) electrons. The number of nitrogens with two attached hydrogens (primary N) is 1. The second-order valence-corrected chi connectivity index (χ2v) is 7.73. The number of benzene rings is 1. The Morgan fingerprint density at radius 1 is 1.10 bits per heavy atom. The number of methoxy groups -OCH3 is 2. The van der Waals surface area contributed by atoms with Crippen LogP contribution in [0.15, 0.2) is 24.3 Å². The van der Waals surface area contributed by atoms with Gasteiger partial charge in [0.2, 0.25) is 0 Å². The minimum absolute atomic E-state index is 0.0152. The van der Waals surface area contributed by atoms with Crippen LogP contribution in [0.3, 0.4) is 0 Å². The summed E-state index contributed by atoms with van der Waals surface area (Å²) in [6.45, 7) is 0.860. The van der Waals surface area contributed by atoms with Crippen LogP contribution in [0, 0.1) is 0 Å². The first-order chi connectivity index (χ1) is 14.9. The van der Waals surface area contributed by atoms with Crippen molar-refractivity contribution in [3.05, 3.63) is 45.8 Å². The number of carbonyl (C=O) groups is 3. The fourth-order valence-corrected chi connectivity index (χ4v) is 4.06. The Morgan fingerprint density at radius 3 is 2.42 bits per heavy atom. The second-order valence-electron chi connectivity index (χ2n) is 6.68. The fraction of sp³-hybridized carbons (Fsp3) is 0.381. The van der Waals surface area contributed by atoms with Crippen LogP contribution in [-0.2, 0) is 25.6 Å². The molecular weight excluding hydrogens is 426 g/mol. The molecule has 2 N–H and O–H groups in total. The summed E-state index contributed by atoms with van der Waals surface area (Å²) in [6.07, 6.45) is 2.10. The SMILES string of the molecule is COC(=O)c1sc(N)c(C(=O)OC)c1COC(=O)c1ccc(OCC2CCCO2)cc1. The summed E-state index contributed by atoms with van der Waals surface area (Å²) in [5.74, 6) is -1.45. The van der Waals surface area contributed by atoms with Crippen molar-refractivity contribution in [3.8, 4) is 5.75 Å².